The number of carbonyl (C=O) groups excluding carboxylic acids is 2. The Labute approximate surface area is 177 Å². The van der Waals surface area contributed by atoms with E-state index in [4.69, 9.17) is 4.74 Å². The summed E-state index contributed by atoms with van der Waals surface area (Å²) in [4.78, 5) is 34.3. The highest BCUT2D eigenvalue weighted by Crippen LogP contribution is 2.53. The summed E-state index contributed by atoms with van der Waals surface area (Å²) >= 11 is 0. The Hall–Kier alpha value is -2.47. The second-order valence-corrected chi connectivity index (χ2v) is 9.30. The number of pyridine rings is 1. The number of hydrogen-bond acceptors (Lipinski definition) is 6. The summed E-state index contributed by atoms with van der Waals surface area (Å²) in [7, 11) is 0. The first-order valence-corrected chi connectivity index (χ1v) is 11.0. The number of rotatable bonds is 3. The van der Waals surface area contributed by atoms with Crippen molar-refractivity contribution in [2.45, 2.75) is 32.8 Å². The van der Waals surface area contributed by atoms with Crippen LogP contribution in [0.15, 0.2) is 47.7 Å². The Morgan fingerprint density at radius 3 is 2.73 bits per heavy atom. The van der Waals surface area contributed by atoms with Crippen LogP contribution in [0.5, 0.6) is 0 Å². The minimum absolute atomic E-state index is 0.0493. The monoisotopic (exact) mass is 407 g/mol. The molecule has 158 valence electrons. The average molecular weight is 408 g/mol. The molecule has 1 saturated carbocycles. The van der Waals surface area contributed by atoms with Gasteiger partial charge in [-0.25, -0.2) is 4.98 Å². The Bertz CT molecular complexity index is 917. The maximum atomic E-state index is 12.9. The van der Waals surface area contributed by atoms with Crippen molar-refractivity contribution in [2.24, 2.45) is 17.3 Å². The molecule has 1 aromatic rings. The number of aromatic nitrogens is 1. The number of carbonyl (C=O) groups is 2. The Kier molecular flexibility index (Phi) is 4.77. The van der Waals surface area contributed by atoms with Crippen molar-refractivity contribution >= 4 is 17.6 Å². The van der Waals surface area contributed by atoms with E-state index in [0.29, 0.717) is 0 Å². The van der Waals surface area contributed by atoms with Gasteiger partial charge in [0.15, 0.2) is 5.78 Å². The van der Waals surface area contributed by atoms with Gasteiger partial charge in [0.25, 0.3) is 0 Å². The summed E-state index contributed by atoms with van der Waals surface area (Å²) < 4.78 is 5.93. The van der Waals surface area contributed by atoms with E-state index in [9.17, 15) is 9.59 Å². The SMILES string of the molecule is CC1=C2C3OC(=O)C(CN4CCN(c5ccccn5)CC4)C3CCC2(C)C=CC1=O. The molecule has 4 aliphatic rings. The van der Waals surface area contributed by atoms with Gasteiger partial charge in [0.05, 0.1) is 5.92 Å². The number of esters is 1. The fraction of sp³-hybridized carbons (Fsp3) is 0.542. The lowest BCUT2D eigenvalue weighted by atomic mass is 9.61. The van der Waals surface area contributed by atoms with Crippen LogP contribution in [0.2, 0.25) is 0 Å². The predicted molar refractivity (Wildman–Crippen MR) is 114 cm³/mol. The fourth-order valence-corrected chi connectivity index (χ4v) is 5.76. The largest absolute Gasteiger partial charge is 0.457 e. The van der Waals surface area contributed by atoms with Crippen molar-refractivity contribution in [1.82, 2.24) is 9.88 Å². The lowest BCUT2D eigenvalue weighted by Gasteiger charge is -2.43. The van der Waals surface area contributed by atoms with Crippen molar-refractivity contribution in [1.29, 1.82) is 0 Å². The molecule has 0 amide bonds. The van der Waals surface area contributed by atoms with Gasteiger partial charge < -0.3 is 9.64 Å². The van der Waals surface area contributed by atoms with Gasteiger partial charge in [0, 0.05) is 55.8 Å². The van der Waals surface area contributed by atoms with Crippen LogP contribution >= 0.6 is 0 Å². The van der Waals surface area contributed by atoms with E-state index < -0.39 is 0 Å². The van der Waals surface area contributed by atoms with E-state index >= 15 is 0 Å². The number of fused-ring (bicyclic) bond motifs is 3. The quantitative estimate of drug-likeness (QED) is 0.718. The number of ketones is 1. The molecule has 5 rings (SSSR count). The third-order valence-corrected chi connectivity index (χ3v) is 7.53. The zero-order valence-corrected chi connectivity index (χ0v) is 17.7. The van der Waals surface area contributed by atoms with Gasteiger partial charge in [0.2, 0.25) is 0 Å². The van der Waals surface area contributed by atoms with Crippen molar-refractivity contribution in [3.63, 3.8) is 0 Å². The molecule has 4 atom stereocenters. The molecule has 4 unspecified atom stereocenters. The molecule has 0 spiro atoms. The van der Waals surface area contributed by atoms with Crippen molar-refractivity contribution < 1.29 is 14.3 Å². The summed E-state index contributed by atoms with van der Waals surface area (Å²) in [5.41, 5.74) is 1.65. The maximum absolute atomic E-state index is 12.9. The van der Waals surface area contributed by atoms with Gasteiger partial charge in [0.1, 0.15) is 11.9 Å². The molecule has 3 fully saturated rings. The molecule has 30 heavy (non-hydrogen) atoms. The molecule has 3 heterocycles. The van der Waals surface area contributed by atoms with Gasteiger partial charge in [-0.3, -0.25) is 14.5 Å². The second-order valence-electron chi connectivity index (χ2n) is 9.30. The van der Waals surface area contributed by atoms with Crippen molar-refractivity contribution in [3.05, 3.63) is 47.7 Å². The number of allylic oxidation sites excluding steroid dienone is 3. The van der Waals surface area contributed by atoms with Gasteiger partial charge in [-0.05, 0) is 43.5 Å². The molecular formula is C24H29N3O3. The highest BCUT2D eigenvalue weighted by molar-refractivity contribution is 6.05. The van der Waals surface area contributed by atoms with Crippen LogP contribution in [0, 0.1) is 17.3 Å². The lowest BCUT2D eigenvalue weighted by molar-refractivity contribution is -0.144. The summed E-state index contributed by atoms with van der Waals surface area (Å²) in [5.74, 6) is 1.03. The van der Waals surface area contributed by atoms with Crippen LogP contribution in [-0.4, -0.2) is 60.5 Å². The first kappa shape index (κ1) is 19.5. The number of hydrogen-bond donors (Lipinski definition) is 0. The Balaban J connectivity index is 1.28. The second kappa shape index (κ2) is 7.34. The zero-order valence-electron chi connectivity index (χ0n) is 17.7. The topological polar surface area (TPSA) is 62.7 Å². The van der Waals surface area contributed by atoms with Gasteiger partial charge in [-0.2, -0.15) is 0 Å². The summed E-state index contributed by atoms with van der Waals surface area (Å²) in [6, 6.07) is 6.00. The average Bonchev–Trinajstić information content (AvgIpc) is 3.07. The number of anilines is 1. The lowest BCUT2D eigenvalue weighted by Crippen LogP contribution is -2.49. The smallest absolute Gasteiger partial charge is 0.311 e. The first-order valence-electron chi connectivity index (χ1n) is 11.0. The van der Waals surface area contributed by atoms with Gasteiger partial charge in [-0.1, -0.05) is 19.1 Å². The highest BCUT2D eigenvalue weighted by atomic mass is 16.6. The maximum Gasteiger partial charge on any atom is 0.311 e. The molecule has 6 nitrogen and oxygen atoms in total. The molecule has 2 saturated heterocycles. The zero-order chi connectivity index (χ0) is 20.9. The van der Waals surface area contributed by atoms with E-state index in [0.717, 1.165) is 62.5 Å². The molecule has 6 heteroatoms. The Morgan fingerprint density at radius 2 is 2.00 bits per heavy atom. The first-order chi connectivity index (χ1) is 14.5. The molecular weight excluding hydrogens is 378 g/mol. The van der Waals surface area contributed by atoms with Gasteiger partial charge >= 0.3 is 5.97 Å². The highest BCUT2D eigenvalue weighted by Gasteiger charge is 2.54. The normalized spacial score (nSPS) is 34.1. The van der Waals surface area contributed by atoms with E-state index in [1.54, 1.807) is 6.08 Å². The van der Waals surface area contributed by atoms with Crippen LogP contribution < -0.4 is 4.90 Å². The van der Waals surface area contributed by atoms with E-state index in [1.807, 2.05) is 37.4 Å². The van der Waals surface area contributed by atoms with E-state index in [1.165, 1.54) is 0 Å². The van der Waals surface area contributed by atoms with Crippen molar-refractivity contribution in [2.75, 3.05) is 37.6 Å². The number of piperazine rings is 1. The molecule has 2 aliphatic heterocycles. The molecule has 1 aromatic heterocycles. The van der Waals surface area contributed by atoms with Crippen LogP contribution in [-0.2, 0) is 14.3 Å². The fourth-order valence-electron chi connectivity index (χ4n) is 5.76. The van der Waals surface area contributed by atoms with Crippen LogP contribution in [0.1, 0.15) is 26.7 Å². The summed E-state index contributed by atoms with van der Waals surface area (Å²) in [6.07, 6.45) is 7.21. The molecule has 0 bridgehead atoms. The minimum Gasteiger partial charge on any atom is -0.457 e. The summed E-state index contributed by atoms with van der Waals surface area (Å²) in [6.45, 7) is 8.45. The third-order valence-electron chi connectivity index (χ3n) is 7.53. The van der Waals surface area contributed by atoms with Crippen LogP contribution in [0.4, 0.5) is 5.82 Å². The predicted octanol–water partition coefficient (Wildman–Crippen LogP) is 2.62. The molecule has 0 radical (unpaired) electrons. The molecule has 0 aromatic carbocycles. The van der Waals surface area contributed by atoms with E-state index in [2.05, 4.69) is 21.7 Å². The number of nitrogens with zero attached hydrogens (tertiary/aromatic N) is 3. The van der Waals surface area contributed by atoms with Crippen LogP contribution in [0.3, 0.4) is 0 Å². The Morgan fingerprint density at radius 1 is 1.20 bits per heavy atom. The minimum atomic E-state index is -0.245. The molecule has 0 N–H and O–H groups in total. The van der Waals surface area contributed by atoms with Gasteiger partial charge in [-0.15, -0.1) is 0 Å². The standard InChI is InChI=1S/C24H29N3O3/c1-16-19(28)7-9-24(2)8-6-17-18(23(29)30-22(17)21(16)24)15-26-11-13-27(14-12-26)20-5-3-4-10-25-20/h3-5,7,9-10,17-18,22H,6,8,11-15H2,1-2H3. The molecule has 2 aliphatic carbocycles. The van der Waals surface area contributed by atoms with Crippen LogP contribution in [0.25, 0.3) is 0 Å². The third kappa shape index (κ3) is 3.18. The summed E-state index contributed by atoms with van der Waals surface area (Å²) in [5, 5.41) is 0. The van der Waals surface area contributed by atoms with Crippen molar-refractivity contribution in [3.8, 4) is 0 Å². The number of ether oxygens (including phenoxy) is 1. The van der Waals surface area contributed by atoms with E-state index in [-0.39, 0.29) is 35.1 Å².